The summed E-state index contributed by atoms with van der Waals surface area (Å²) in [6.07, 6.45) is 3.43. The Labute approximate surface area is 199 Å². The highest BCUT2D eigenvalue weighted by Gasteiger charge is 2.23. The van der Waals surface area contributed by atoms with Crippen LogP contribution < -0.4 is 16.4 Å². The molecule has 7 nitrogen and oxygen atoms in total. The van der Waals surface area contributed by atoms with E-state index in [1.165, 1.54) is 6.08 Å². The number of hydrogen-bond acceptors (Lipinski definition) is 5. The minimum atomic E-state index is -0.563. The second kappa shape index (κ2) is 12.1. The summed E-state index contributed by atoms with van der Waals surface area (Å²) in [5.74, 6) is -0.181. The number of carbonyl (C=O) groups excluding carboxylic acids is 2. The highest BCUT2D eigenvalue weighted by molar-refractivity contribution is 6.01. The van der Waals surface area contributed by atoms with Crippen molar-refractivity contribution in [1.29, 1.82) is 0 Å². The molecule has 0 bridgehead atoms. The quantitative estimate of drug-likeness (QED) is 0.236. The molecule has 0 unspecified atom stereocenters. The molecule has 0 saturated heterocycles. The van der Waals surface area contributed by atoms with Crippen molar-refractivity contribution < 1.29 is 19.4 Å². The first-order valence-electron chi connectivity index (χ1n) is 11.1. The number of carbonyl (C=O) groups is 2. The molecule has 0 heterocycles. The molecule has 34 heavy (non-hydrogen) atoms. The summed E-state index contributed by atoms with van der Waals surface area (Å²) in [6.45, 7) is 1.98. The van der Waals surface area contributed by atoms with Crippen molar-refractivity contribution >= 4 is 29.1 Å². The van der Waals surface area contributed by atoms with Gasteiger partial charge in [-0.05, 0) is 66.8 Å². The fourth-order valence-corrected chi connectivity index (χ4v) is 3.45. The average molecular weight is 460 g/mol. The van der Waals surface area contributed by atoms with Gasteiger partial charge in [-0.3, -0.25) is 10.1 Å². The Balaban J connectivity index is 1.59. The molecule has 0 aliphatic heterocycles. The van der Waals surface area contributed by atoms with Crippen molar-refractivity contribution in [3.8, 4) is 5.75 Å². The number of rotatable bonds is 9. The number of para-hydroxylation sites is 3. The van der Waals surface area contributed by atoms with Crippen LogP contribution in [0.15, 0.2) is 91.0 Å². The molecule has 0 aliphatic carbocycles. The number of phenols is 1. The Morgan fingerprint density at radius 3 is 2.35 bits per heavy atom. The van der Waals surface area contributed by atoms with Gasteiger partial charge in [0, 0.05) is 5.69 Å². The van der Waals surface area contributed by atoms with Crippen LogP contribution in [0, 0.1) is 5.92 Å². The monoisotopic (exact) mass is 459 g/mol. The number of amides is 2. The van der Waals surface area contributed by atoms with Crippen LogP contribution >= 0.6 is 0 Å². The SMILES string of the molecule is C[C@H](CC/C=C/C(=O)Nc1ccccc1N)[C@H](OC(=O)Nc1ccccc1)c1ccc(O)cc1. The van der Waals surface area contributed by atoms with Crippen LogP contribution in [-0.4, -0.2) is 17.1 Å². The van der Waals surface area contributed by atoms with Crippen molar-refractivity contribution in [3.63, 3.8) is 0 Å². The maximum atomic E-state index is 12.5. The Kier molecular flexibility index (Phi) is 8.68. The number of phenolic OH excluding ortho intramolecular Hbond substituents is 1. The van der Waals surface area contributed by atoms with Gasteiger partial charge in [0.1, 0.15) is 11.9 Å². The van der Waals surface area contributed by atoms with E-state index in [0.29, 0.717) is 29.9 Å². The van der Waals surface area contributed by atoms with E-state index in [1.54, 1.807) is 66.7 Å². The summed E-state index contributed by atoms with van der Waals surface area (Å²) in [4.78, 5) is 24.7. The van der Waals surface area contributed by atoms with Crippen molar-refractivity contribution in [2.75, 3.05) is 16.4 Å². The van der Waals surface area contributed by atoms with E-state index < -0.39 is 12.2 Å². The fraction of sp³-hybridized carbons (Fsp3) is 0.185. The van der Waals surface area contributed by atoms with E-state index in [9.17, 15) is 14.7 Å². The lowest BCUT2D eigenvalue weighted by atomic mass is 9.93. The molecule has 0 aromatic heterocycles. The first-order chi connectivity index (χ1) is 16.4. The van der Waals surface area contributed by atoms with Gasteiger partial charge in [0.2, 0.25) is 5.91 Å². The Morgan fingerprint density at radius 2 is 1.65 bits per heavy atom. The molecule has 2 amide bonds. The van der Waals surface area contributed by atoms with Gasteiger partial charge in [-0.2, -0.15) is 0 Å². The van der Waals surface area contributed by atoms with E-state index >= 15 is 0 Å². The third-order valence-electron chi connectivity index (χ3n) is 5.27. The molecular weight excluding hydrogens is 430 g/mol. The summed E-state index contributed by atoms with van der Waals surface area (Å²) >= 11 is 0. The van der Waals surface area contributed by atoms with Crippen LogP contribution in [0.5, 0.6) is 5.75 Å². The zero-order valence-corrected chi connectivity index (χ0v) is 19.0. The van der Waals surface area contributed by atoms with E-state index in [-0.39, 0.29) is 17.6 Å². The van der Waals surface area contributed by atoms with E-state index in [1.807, 2.05) is 25.1 Å². The molecule has 5 N–H and O–H groups in total. The smallest absolute Gasteiger partial charge is 0.412 e. The molecule has 2 atom stereocenters. The maximum Gasteiger partial charge on any atom is 0.412 e. The maximum absolute atomic E-state index is 12.5. The highest BCUT2D eigenvalue weighted by atomic mass is 16.6. The number of hydrogen-bond donors (Lipinski definition) is 4. The third-order valence-corrected chi connectivity index (χ3v) is 5.27. The summed E-state index contributed by atoms with van der Waals surface area (Å²) in [7, 11) is 0. The van der Waals surface area contributed by atoms with Gasteiger partial charge in [-0.25, -0.2) is 4.79 Å². The van der Waals surface area contributed by atoms with Gasteiger partial charge in [-0.15, -0.1) is 0 Å². The molecule has 0 radical (unpaired) electrons. The van der Waals surface area contributed by atoms with Gasteiger partial charge in [0.25, 0.3) is 0 Å². The van der Waals surface area contributed by atoms with Gasteiger partial charge >= 0.3 is 6.09 Å². The van der Waals surface area contributed by atoms with E-state index in [4.69, 9.17) is 10.5 Å². The van der Waals surface area contributed by atoms with Crippen LogP contribution in [-0.2, 0) is 9.53 Å². The van der Waals surface area contributed by atoms with Crippen molar-refractivity contribution in [2.24, 2.45) is 5.92 Å². The van der Waals surface area contributed by atoms with Crippen molar-refractivity contribution in [3.05, 3.63) is 96.6 Å². The topological polar surface area (TPSA) is 114 Å². The van der Waals surface area contributed by atoms with Crippen molar-refractivity contribution in [1.82, 2.24) is 0 Å². The first-order valence-corrected chi connectivity index (χ1v) is 11.1. The van der Waals surface area contributed by atoms with Crippen LogP contribution in [0.1, 0.15) is 31.4 Å². The van der Waals surface area contributed by atoms with Gasteiger partial charge in [0.05, 0.1) is 11.4 Å². The largest absolute Gasteiger partial charge is 0.508 e. The molecule has 0 saturated carbocycles. The zero-order chi connectivity index (χ0) is 24.3. The number of benzene rings is 3. The van der Waals surface area contributed by atoms with E-state index in [0.717, 1.165) is 5.56 Å². The zero-order valence-electron chi connectivity index (χ0n) is 19.0. The van der Waals surface area contributed by atoms with Crippen LogP contribution in [0.4, 0.5) is 21.9 Å². The number of anilines is 3. The van der Waals surface area contributed by atoms with Gasteiger partial charge in [0.15, 0.2) is 0 Å². The second-order valence-electron chi connectivity index (χ2n) is 7.94. The standard InChI is InChI=1S/C27H29N3O4/c1-19(9-5-8-14-25(32)30-24-13-7-6-12-23(24)28)26(20-15-17-22(31)18-16-20)34-27(33)29-21-10-3-2-4-11-21/h2-4,6-8,10-19,26,31H,5,9,28H2,1H3,(H,29,33)(H,30,32)/b14-8+/t19-,26+/m1/s1. The lowest BCUT2D eigenvalue weighted by molar-refractivity contribution is -0.111. The minimum absolute atomic E-state index is 0.0523. The summed E-state index contributed by atoms with van der Waals surface area (Å²) in [5.41, 5.74) is 8.32. The molecule has 3 rings (SSSR count). The lowest BCUT2D eigenvalue weighted by Crippen LogP contribution is -2.22. The summed E-state index contributed by atoms with van der Waals surface area (Å²) in [6, 6.07) is 22.7. The third kappa shape index (κ3) is 7.41. The predicted octanol–water partition coefficient (Wildman–Crippen LogP) is 5.88. The van der Waals surface area contributed by atoms with Gasteiger partial charge < -0.3 is 20.9 Å². The first kappa shape index (κ1) is 24.4. The molecule has 3 aromatic rings. The molecule has 3 aromatic carbocycles. The molecule has 0 spiro atoms. The molecule has 0 fully saturated rings. The number of nitrogens with one attached hydrogen (secondary N) is 2. The Hall–Kier alpha value is -4.26. The average Bonchev–Trinajstić information content (AvgIpc) is 2.83. The number of ether oxygens (including phenoxy) is 1. The lowest BCUT2D eigenvalue weighted by Gasteiger charge is -2.24. The van der Waals surface area contributed by atoms with Crippen LogP contribution in [0.3, 0.4) is 0 Å². The number of allylic oxidation sites excluding steroid dienone is 1. The molecular formula is C27H29N3O4. The second-order valence-corrected chi connectivity index (χ2v) is 7.94. The Morgan fingerprint density at radius 1 is 0.971 bits per heavy atom. The predicted molar refractivity (Wildman–Crippen MR) is 134 cm³/mol. The molecule has 7 heteroatoms. The fourth-order valence-electron chi connectivity index (χ4n) is 3.45. The molecule has 176 valence electrons. The summed E-state index contributed by atoms with van der Waals surface area (Å²) in [5, 5.41) is 15.1. The summed E-state index contributed by atoms with van der Waals surface area (Å²) < 4.78 is 5.76. The van der Waals surface area contributed by atoms with Gasteiger partial charge in [-0.1, -0.05) is 55.5 Å². The van der Waals surface area contributed by atoms with Crippen molar-refractivity contribution in [2.45, 2.75) is 25.9 Å². The number of nitrogen functional groups attached to an aromatic ring is 1. The van der Waals surface area contributed by atoms with Crippen LogP contribution in [0.2, 0.25) is 0 Å². The minimum Gasteiger partial charge on any atom is -0.508 e. The Bertz CT molecular complexity index is 1110. The normalized spacial score (nSPS) is 12.6. The number of nitrogens with two attached hydrogens (primary N) is 1. The number of aromatic hydroxyl groups is 1. The molecule has 0 aliphatic rings. The van der Waals surface area contributed by atoms with Crippen LogP contribution in [0.25, 0.3) is 0 Å². The van der Waals surface area contributed by atoms with E-state index in [2.05, 4.69) is 10.6 Å². The highest BCUT2D eigenvalue weighted by Crippen LogP contribution is 2.31.